The third kappa shape index (κ3) is 5.74. The van der Waals surface area contributed by atoms with Crippen molar-refractivity contribution < 1.29 is 36.2 Å². The number of aliphatic carboxylic acids is 1. The van der Waals surface area contributed by atoms with Crippen molar-refractivity contribution in [2.45, 2.75) is 49.8 Å². The Kier molecular flexibility index (Phi) is 7.23. The molecule has 4 rings (SSSR count). The van der Waals surface area contributed by atoms with Crippen molar-refractivity contribution in [3.05, 3.63) is 77.9 Å². The van der Waals surface area contributed by atoms with Crippen LogP contribution >= 0.6 is 0 Å². The standard InChI is InChI=1S/C27H26F3NO5S/c1-17(2)18-5-3-6-19(13-18)20-9-11-25-24(14-20)31(16-22(36-25)10-12-26(32)33)37(34,35)23-8-4-7-21(15-23)27(28,29)30/h3-9,11,13-15,17,22H,10,12,16H2,1-2H3,(H,32,33)/t22-/m0/s1. The molecule has 196 valence electrons. The second-order valence-corrected chi connectivity index (χ2v) is 11.1. The zero-order valence-corrected chi connectivity index (χ0v) is 21.0. The van der Waals surface area contributed by atoms with Crippen molar-refractivity contribution in [1.82, 2.24) is 0 Å². The lowest BCUT2D eigenvalue weighted by Gasteiger charge is -2.36. The summed E-state index contributed by atoms with van der Waals surface area (Å²) < 4.78 is 74.3. The van der Waals surface area contributed by atoms with Crippen LogP contribution in [-0.2, 0) is 21.0 Å². The average molecular weight is 534 g/mol. The molecule has 10 heteroatoms. The number of fused-ring (bicyclic) bond motifs is 1. The van der Waals surface area contributed by atoms with Crippen LogP contribution in [0.2, 0.25) is 0 Å². The molecule has 6 nitrogen and oxygen atoms in total. The maximum Gasteiger partial charge on any atom is 0.416 e. The number of rotatable bonds is 7. The van der Waals surface area contributed by atoms with Gasteiger partial charge in [0.15, 0.2) is 0 Å². The van der Waals surface area contributed by atoms with Crippen molar-refractivity contribution in [3.63, 3.8) is 0 Å². The van der Waals surface area contributed by atoms with E-state index in [2.05, 4.69) is 13.8 Å². The van der Waals surface area contributed by atoms with Crippen molar-refractivity contribution in [2.75, 3.05) is 10.8 Å². The molecule has 0 aromatic heterocycles. The molecule has 3 aromatic carbocycles. The first-order valence-electron chi connectivity index (χ1n) is 11.7. The zero-order valence-electron chi connectivity index (χ0n) is 20.2. The Labute approximate surface area is 213 Å². The van der Waals surface area contributed by atoms with E-state index in [0.29, 0.717) is 11.6 Å². The Morgan fingerprint density at radius 1 is 1.05 bits per heavy atom. The molecule has 0 saturated heterocycles. The van der Waals surface area contributed by atoms with Gasteiger partial charge in [-0.3, -0.25) is 9.10 Å². The second-order valence-electron chi connectivity index (χ2n) is 9.20. The van der Waals surface area contributed by atoms with Crippen LogP contribution in [0.5, 0.6) is 5.75 Å². The molecule has 1 heterocycles. The van der Waals surface area contributed by atoms with E-state index in [1.165, 1.54) is 0 Å². The number of carbonyl (C=O) groups is 1. The van der Waals surface area contributed by atoms with Crippen LogP contribution in [0.4, 0.5) is 18.9 Å². The van der Waals surface area contributed by atoms with Crippen LogP contribution < -0.4 is 9.04 Å². The largest absolute Gasteiger partial charge is 0.486 e. The fourth-order valence-electron chi connectivity index (χ4n) is 4.19. The Balaban J connectivity index is 1.81. The zero-order chi connectivity index (χ0) is 27.0. The van der Waals surface area contributed by atoms with Crippen molar-refractivity contribution in [1.29, 1.82) is 0 Å². The third-order valence-corrected chi connectivity index (χ3v) is 7.98. The Morgan fingerprint density at radius 2 is 1.76 bits per heavy atom. The smallest absolute Gasteiger partial charge is 0.416 e. The number of benzene rings is 3. The predicted molar refractivity (Wildman–Crippen MR) is 133 cm³/mol. The number of halogens is 3. The normalized spacial score (nSPS) is 15.8. The summed E-state index contributed by atoms with van der Waals surface area (Å²) in [4.78, 5) is 10.6. The van der Waals surface area contributed by atoms with Gasteiger partial charge in [-0.25, -0.2) is 8.42 Å². The van der Waals surface area contributed by atoms with Gasteiger partial charge in [0.1, 0.15) is 11.9 Å². The van der Waals surface area contributed by atoms with E-state index in [9.17, 15) is 26.4 Å². The second kappa shape index (κ2) is 10.1. The van der Waals surface area contributed by atoms with Gasteiger partial charge in [-0.2, -0.15) is 13.2 Å². The lowest BCUT2D eigenvalue weighted by atomic mass is 9.97. The maximum atomic E-state index is 13.7. The lowest BCUT2D eigenvalue weighted by Crippen LogP contribution is -2.43. The molecule has 3 aromatic rings. The number of hydrogen-bond acceptors (Lipinski definition) is 4. The highest BCUT2D eigenvalue weighted by atomic mass is 32.2. The predicted octanol–water partition coefficient (Wildman–Crippen LogP) is 6.32. The molecule has 0 fully saturated rings. The SMILES string of the molecule is CC(C)c1cccc(-c2ccc3c(c2)N(S(=O)(=O)c2cccc(C(F)(F)F)c2)C[C@H](CCC(=O)O)O3)c1. The minimum absolute atomic E-state index is 0.0293. The van der Waals surface area contributed by atoms with E-state index < -0.39 is 38.7 Å². The third-order valence-electron chi connectivity index (χ3n) is 6.21. The summed E-state index contributed by atoms with van der Waals surface area (Å²) in [6.45, 7) is 3.87. The van der Waals surface area contributed by atoms with Gasteiger partial charge in [0.25, 0.3) is 10.0 Å². The number of nitrogens with zero attached hydrogens (tertiary/aromatic N) is 1. The highest BCUT2D eigenvalue weighted by molar-refractivity contribution is 7.92. The number of carboxylic acids is 1. The molecule has 0 bridgehead atoms. The van der Waals surface area contributed by atoms with E-state index >= 15 is 0 Å². The number of alkyl halides is 3. The van der Waals surface area contributed by atoms with E-state index in [-0.39, 0.29) is 36.7 Å². The summed E-state index contributed by atoms with van der Waals surface area (Å²) in [5.74, 6) is -0.586. The molecule has 0 unspecified atom stereocenters. The van der Waals surface area contributed by atoms with Crippen molar-refractivity contribution >= 4 is 21.7 Å². The minimum Gasteiger partial charge on any atom is -0.486 e. The molecule has 0 amide bonds. The summed E-state index contributed by atoms with van der Waals surface area (Å²) in [5, 5.41) is 9.08. The number of hydrogen-bond donors (Lipinski definition) is 1. The number of anilines is 1. The Morgan fingerprint density at radius 3 is 2.43 bits per heavy atom. The lowest BCUT2D eigenvalue weighted by molar-refractivity contribution is -0.138. The molecule has 1 N–H and O–H groups in total. The average Bonchev–Trinajstić information content (AvgIpc) is 2.86. The molecule has 1 aliphatic rings. The van der Waals surface area contributed by atoms with Crippen LogP contribution in [0, 0.1) is 0 Å². The topological polar surface area (TPSA) is 83.9 Å². The molecule has 1 atom stereocenters. The van der Waals surface area contributed by atoms with E-state index in [1.54, 1.807) is 18.2 Å². The van der Waals surface area contributed by atoms with Crippen LogP contribution in [0.3, 0.4) is 0 Å². The molecule has 37 heavy (non-hydrogen) atoms. The summed E-state index contributed by atoms with van der Waals surface area (Å²) in [6.07, 6.45) is -5.73. The van der Waals surface area contributed by atoms with Gasteiger partial charge in [-0.1, -0.05) is 50.2 Å². The van der Waals surface area contributed by atoms with Gasteiger partial charge >= 0.3 is 12.1 Å². The van der Waals surface area contributed by atoms with E-state index in [0.717, 1.165) is 33.6 Å². The number of carboxylic acid groups (broad SMARTS) is 1. The van der Waals surface area contributed by atoms with Crippen LogP contribution in [0.15, 0.2) is 71.6 Å². The highest BCUT2D eigenvalue weighted by Gasteiger charge is 2.37. The quantitative estimate of drug-likeness (QED) is 0.384. The van der Waals surface area contributed by atoms with Crippen LogP contribution in [-0.4, -0.2) is 32.1 Å². The molecule has 1 aliphatic heterocycles. The van der Waals surface area contributed by atoms with Crippen molar-refractivity contribution in [3.8, 4) is 16.9 Å². The van der Waals surface area contributed by atoms with Gasteiger partial charge in [0.2, 0.25) is 0 Å². The van der Waals surface area contributed by atoms with Crippen LogP contribution in [0.1, 0.15) is 43.7 Å². The van der Waals surface area contributed by atoms with Gasteiger partial charge in [0.05, 0.1) is 22.7 Å². The van der Waals surface area contributed by atoms with E-state index in [1.807, 2.05) is 24.3 Å². The maximum absolute atomic E-state index is 13.7. The molecule has 0 spiro atoms. The highest BCUT2D eigenvalue weighted by Crippen LogP contribution is 2.41. The van der Waals surface area contributed by atoms with Gasteiger partial charge in [0, 0.05) is 6.42 Å². The summed E-state index contributed by atoms with van der Waals surface area (Å²) in [7, 11) is -4.44. The first-order chi connectivity index (χ1) is 17.4. The first kappa shape index (κ1) is 26.5. The van der Waals surface area contributed by atoms with Gasteiger partial charge in [-0.15, -0.1) is 0 Å². The monoisotopic (exact) mass is 533 g/mol. The minimum atomic E-state index is -4.72. The van der Waals surface area contributed by atoms with Gasteiger partial charge in [-0.05, 0) is 59.4 Å². The van der Waals surface area contributed by atoms with Crippen LogP contribution in [0.25, 0.3) is 11.1 Å². The summed E-state index contributed by atoms with van der Waals surface area (Å²) in [6, 6.07) is 16.4. The summed E-state index contributed by atoms with van der Waals surface area (Å²) in [5.41, 5.74) is 1.74. The van der Waals surface area contributed by atoms with Gasteiger partial charge < -0.3 is 9.84 Å². The van der Waals surface area contributed by atoms with Crippen molar-refractivity contribution in [2.24, 2.45) is 0 Å². The number of ether oxygens (including phenoxy) is 1. The van der Waals surface area contributed by atoms with E-state index in [4.69, 9.17) is 9.84 Å². The molecule has 0 radical (unpaired) electrons. The molecular weight excluding hydrogens is 507 g/mol. The fourth-order valence-corrected chi connectivity index (χ4v) is 5.74. The Bertz CT molecular complexity index is 1420. The fraction of sp³-hybridized carbons (Fsp3) is 0.296. The Hall–Kier alpha value is -3.53. The molecular formula is C27H26F3NO5S. The molecule has 0 saturated carbocycles. The molecule has 0 aliphatic carbocycles. The number of sulfonamides is 1. The first-order valence-corrected chi connectivity index (χ1v) is 13.1. The summed E-state index contributed by atoms with van der Waals surface area (Å²) >= 11 is 0.